The zero-order valence-corrected chi connectivity index (χ0v) is 19.7. The van der Waals surface area contributed by atoms with E-state index in [0.29, 0.717) is 59.8 Å². The van der Waals surface area contributed by atoms with Gasteiger partial charge in [0.25, 0.3) is 0 Å². The minimum absolute atomic E-state index is 0.201. The summed E-state index contributed by atoms with van der Waals surface area (Å²) in [7, 11) is 0. The molecule has 1 aliphatic heterocycles. The van der Waals surface area contributed by atoms with Crippen molar-refractivity contribution in [1.82, 2.24) is 34.7 Å². The number of halogens is 3. The van der Waals surface area contributed by atoms with Gasteiger partial charge in [0.2, 0.25) is 5.95 Å². The van der Waals surface area contributed by atoms with E-state index >= 15 is 0 Å². The lowest BCUT2D eigenvalue weighted by Crippen LogP contribution is -2.39. The number of aryl methyl sites for hydroxylation is 2. The lowest BCUT2D eigenvalue weighted by atomic mass is 10.1. The first-order valence-corrected chi connectivity index (χ1v) is 11.7. The van der Waals surface area contributed by atoms with E-state index < -0.39 is 11.9 Å². The molecule has 0 radical (unpaired) electrons. The summed E-state index contributed by atoms with van der Waals surface area (Å²) in [5.74, 6) is 0.415. The van der Waals surface area contributed by atoms with Gasteiger partial charge in [-0.1, -0.05) is 0 Å². The van der Waals surface area contributed by atoms with Crippen LogP contribution in [0.5, 0.6) is 0 Å². The SMILES string of the molecule is Cc1nc2nc(N3CCO[C@@H](c4cnn(C5CC5)c4)C3)nc(-c3ccc(C(F)(F)F)nc3)c2nc1C. The van der Waals surface area contributed by atoms with E-state index in [1.807, 2.05) is 35.8 Å². The molecule has 186 valence electrons. The number of ether oxygens (including phenoxy) is 1. The molecule has 9 nitrogen and oxygen atoms in total. The molecule has 0 aromatic carbocycles. The number of anilines is 1. The summed E-state index contributed by atoms with van der Waals surface area (Å²) in [5, 5.41) is 4.47. The van der Waals surface area contributed by atoms with Crippen LogP contribution >= 0.6 is 0 Å². The van der Waals surface area contributed by atoms with Gasteiger partial charge >= 0.3 is 6.18 Å². The Labute approximate surface area is 204 Å². The van der Waals surface area contributed by atoms with Crippen LogP contribution < -0.4 is 4.90 Å². The summed E-state index contributed by atoms with van der Waals surface area (Å²) >= 11 is 0. The average molecular weight is 496 g/mol. The highest BCUT2D eigenvalue weighted by Gasteiger charge is 2.33. The summed E-state index contributed by atoms with van der Waals surface area (Å²) in [4.78, 5) is 24.2. The molecule has 2 aliphatic rings. The Morgan fingerprint density at radius 1 is 1.00 bits per heavy atom. The summed E-state index contributed by atoms with van der Waals surface area (Å²) in [6.07, 6.45) is 2.60. The van der Waals surface area contributed by atoms with Crippen LogP contribution in [0.1, 0.15) is 47.6 Å². The van der Waals surface area contributed by atoms with Gasteiger partial charge in [-0.15, -0.1) is 0 Å². The maximum atomic E-state index is 13.1. The number of nitrogens with zero attached hydrogens (tertiary/aromatic N) is 8. The Kier molecular flexibility index (Phi) is 5.36. The molecule has 0 unspecified atom stereocenters. The van der Waals surface area contributed by atoms with Crippen molar-refractivity contribution in [3.63, 3.8) is 0 Å². The summed E-state index contributed by atoms with van der Waals surface area (Å²) in [6, 6.07) is 2.78. The molecule has 6 rings (SSSR count). The van der Waals surface area contributed by atoms with Crippen molar-refractivity contribution in [2.24, 2.45) is 0 Å². The molecular formula is C24H23F3N8O. The number of hydrogen-bond donors (Lipinski definition) is 0. The predicted molar refractivity (Wildman–Crippen MR) is 124 cm³/mol. The minimum atomic E-state index is -4.53. The Bertz CT molecular complexity index is 1430. The molecule has 36 heavy (non-hydrogen) atoms. The van der Waals surface area contributed by atoms with Gasteiger partial charge in [0.15, 0.2) is 5.65 Å². The standard InChI is InChI=1S/C24H23F3N8O/c1-13-14(2)31-22-21(30-13)20(15-3-6-19(28-9-15)24(25,26)27)32-23(33-22)34-7-8-36-18(12-34)16-10-29-35(11-16)17-4-5-17/h3,6,9-11,17-18H,4-5,7-8,12H2,1-2H3/t18-/m1/s1. The zero-order chi connectivity index (χ0) is 25.0. The van der Waals surface area contributed by atoms with Crippen LogP contribution in [-0.2, 0) is 10.9 Å². The van der Waals surface area contributed by atoms with Gasteiger partial charge in [-0.05, 0) is 38.8 Å². The lowest BCUT2D eigenvalue weighted by Gasteiger charge is -2.32. The van der Waals surface area contributed by atoms with Gasteiger partial charge in [0.05, 0.1) is 36.8 Å². The largest absolute Gasteiger partial charge is 0.433 e. The molecular weight excluding hydrogens is 473 g/mol. The number of rotatable bonds is 4. The molecule has 0 N–H and O–H groups in total. The Morgan fingerprint density at radius 2 is 1.81 bits per heavy atom. The van der Waals surface area contributed by atoms with E-state index in [1.54, 1.807) is 0 Å². The van der Waals surface area contributed by atoms with Crippen molar-refractivity contribution in [1.29, 1.82) is 0 Å². The van der Waals surface area contributed by atoms with Gasteiger partial charge in [0, 0.05) is 30.1 Å². The molecule has 2 fully saturated rings. The van der Waals surface area contributed by atoms with Crippen LogP contribution in [0.25, 0.3) is 22.4 Å². The smallest absolute Gasteiger partial charge is 0.370 e. The molecule has 12 heteroatoms. The number of aromatic nitrogens is 7. The molecule has 1 aliphatic carbocycles. The highest BCUT2D eigenvalue weighted by molar-refractivity contribution is 5.87. The molecule has 1 saturated carbocycles. The third kappa shape index (κ3) is 4.25. The third-order valence-electron chi connectivity index (χ3n) is 6.52. The van der Waals surface area contributed by atoms with E-state index in [4.69, 9.17) is 9.72 Å². The van der Waals surface area contributed by atoms with Gasteiger partial charge < -0.3 is 9.64 Å². The van der Waals surface area contributed by atoms with E-state index in [2.05, 4.69) is 25.0 Å². The van der Waals surface area contributed by atoms with Crippen LogP contribution in [-0.4, -0.2) is 54.4 Å². The van der Waals surface area contributed by atoms with Crippen molar-refractivity contribution >= 4 is 17.1 Å². The van der Waals surface area contributed by atoms with E-state index in [9.17, 15) is 13.2 Å². The van der Waals surface area contributed by atoms with Crippen LogP contribution in [0.2, 0.25) is 0 Å². The maximum absolute atomic E-state index is 13.1. The first-order chi connectivity index (χ1) is 17.3. The molecule has 4 aromatic heterocycles. The predicted octanol–water partition coefficient (Wildman–Crippen LogP) is 4.23. The van der Waals surface area contributed by atoms with Gasteiger partial charge in [-0.3, -0.25) is 9.67 Å². The van der Waals surface area contributed by atoms with E-state index in [1.165, 1.54) is 12.3 Å². The quantitative estimate of drug-likeness (QED) is 0.414. The molecule has 0 spiro atoms. The molecule has 1 atom stereocenters. The van der Waals surface area contributed by atoms with Crippen molar-refractivity contribution in [2.75, 3.05) is 24.6 Å². The fraction of sp³-hybridized carbons (Fsp3) is 0.417. The van der Waals surface area contributed by atoms with Crippen molar-refractivity contribution in [2.45, 2.75) is 45.0 Å². The van der Waals surface area contributed by atoms with Crippen molar-refractivity contribution in [3.8, 4) is 11.3 Å². The normalized spacial score (nSPS) is 18.7. The Hall–Kier alpha value is -3.67. The second kappa shape index (κ2) is 8.47. The second-order valence-electron chi connectivity index (χ2n) is 9.16. The number of alkyl halides is 3. The topological polar surface area (TPSA) is 94.7 Å². The van der Waals surface area contributed by atoms with E-state index in [-0.39, 0.29) is 6.10 Å². The second-order valence-corrected chi connectivity index (χ2v) is 9.16. The molecule has 0 amide bonds. The summed E-state index contributed by atoms with van der Waals surface area (Å²) in [5.41, 5.74) is 3.02. The van der Waals surface area contributed by atoms with Crippen LogP contribution in [0.4, 0.5) is 19.1 Å². The van der Waals surface area contributed by atoms with Crippen molar-refractivity contribution in [3.05, 3.63) is 53.4 Å². The van der Waals surface area contributed by atoms with Gasteiger partial charge in [-0.2, -0.15) is 23.3 Å². The lowest BCUT2D eigenvalue weighted by molar-refractivity contribution is -0.141. The fourth-order valence-electron chi connectivity index (χ4n) is 4.24. The summed E-state index contributed by atoms with van der Waals surface area (Å²) < 4.78 is 47.2. The van der Waals surface area contributed by atoms with Crippen molar-refractivity contribution < 1.29 is 17.9 Å². The van der Waals surface area contributed by atoms with Crippen LogP contribution in [0.15, 0.2) is 30.7 Å². The number of morpholine rings is 1. The number of pyridine rings is 1. The number of hydrogen-bond acceptors (Lipinski definition) is 8. The molecule has 1 saturated heterocycles. The van der Waals surface area contributed by atoms with Crippen LogP contribution in [0, 0.1) is 13.8 Å². The van der Waals surface area contributed by atoms with Crippen LogP contribution in [0.3, 0.4) is 0 Å². The minimum Gasteiger partial charge on any atom is -0.370 e. The Morgan fingerprint density at radius 3 is 2.53 bits per heavy atom. The molecule has 0 bridgehead atoms. The highest BCUT2D eigenvalue weighted by Crippen LogP contribution is 2.36. The first kappa shape index (κ1) is 22.8. The fourth-order valence-corrected chi connectivity index (χ4v) is 4.24. The van der Waals surface area contributed by atoms with Gasteiger partial charge in [-0.25, -0.2) is 15.0 Å². The Balaban J connectivity index is 1.38. The average Bonchev–Trinajstić information content (AvgIpc) is 3.60. The van der Waals surface area contributed by atoms with Gasteiger partial charge in [0.1, 0.15) is 23.0 Å². The third-order valence-corrected chi connectivity index (χ3v) is 6.52. The summed E-state index contributed by atoms with van der Waals surface area (Å²) in [6.45, 7) is 5.19. The maximum Gasteiger partial charge on any atom is 0.433 e. The number of fused-ring (bicyclic) bond motifs is 1. The van der Waals surface area contributed by atoms with E-state index in [0.717, 1.165) is 30.2 Å². The molecule has 5 heterocycles. The zero-order valence-electron chi connectivity index (χ0n) is 19.7. The molecule has 4 aromatic rings. The first-order valence-electron chi connectivity index (χ1n) is 11.7. The highest BCUT2D eigenvalue weighted by atomic mass is 19.4. The monoisotopic (exact) mass is 496 g/mol.